The first-order chi connectivity index (χ1) is 9.64. The van der Waals surface area contributed by atoms with Crippen LogP contribution in [0.2, 0.25) is 0 Å². The van der Waals surface area contributed by atoms with Crippen LogP contribution in [0.25, 0.3) is 0 Å². The van der Waals surface area contributed by atoms with Crippen molar-refractivity contribution < 1.29 is 0 Å². The number of hydrogen-bond donors (Lipinski definition) is 1. The third-order valence-electron chi connectivity index (χ3n) is 5.23. The smallest absolute Gasteiger partial charge is 0.203 e. The monoisotopic (exact) mass is 277 g/mol. The number of aromatic nitrogens is 2. The third kappa shape index (κ3) is 3.18. The van der Waals surface area contributed by atoms with Gasteiger partial charge in [0.1, 0.15) is 0 Å². The topological polar surface area (TPSA) is 29.9 Å². The highest BCUT2D eigenvalue weighted by atomic mass is 15.2. The summed E-state index contributed by atoms with van der Waals surface area (Å²) in [6.45, 7) is 8.94. The van der Waals surface area contributed by atoms with Crippen LogP contribution in [0.15, 0.2) is 6.20 Å². The van der Waals surface area contributed by atoms with Crippen LogP contribution in [-0.2, 0) is 0 Å². The zero-order chi connectivity index (χ0) is 14.6. The second-order valence-corrected chi connectivity index (χ2v) is 6.37. The van der Waals surface area contributed by atoms with E-state index in [1.165, 1.54) is 32.1 Å². The highest BCUT2D eigenvalue weighted by Gasteiger charge is 2.27. The summed E-state index contributed by atoms with van der Waals surface area (Å²) < 4.78 is 2.42. The van der Waals surface area contributed by atoms with E-state index in [2.05, 4.69) is 43.8 Å². The van der Waals surface area contributed by atoms with Gasteiger partial charge in [-0.2, -0.15) is 0 Å². The number of hydrogen-bond acceptors (Lipinski definition) is 2. The van der Waals surface area contributed by atoms with Crippen molar-refractivity contribution in [1.82, 2.24) is 9.55 Å². The van der Waals surface area contributed by atoms with Crippen LogP contribution in [0.5, 0.6) is 0 Å². The van der Waals surface area contributed by atoms with Gasteiger partial charge >= 0.3 is 0 Å². The zero-order valence-corrected chi connectivity index (χ0v) is 13.7. The van der Waals surface area contributed by atoms with Gasteiger partial charge in [-0.25, -0.2) is 4.98 Å². The Bertz CT molecular complexity index is 404. The molecular formula is C17H31N3. The molecule has 1 aromatic rings. The average molecular weight is 277 g/mol. The van der Waals surface area contributed by atoms with Crippen molar-refractivity contribution in [2.45, 2.75) is 90.6 Å². The average Bonchev–Trinajstić information content (AvgIpc) is 2.86. The van der Waals surface area contributed by atoms with Crippen LogP contribution in [-0.4, -0.2) is 15.1 Å². The van der Waals surface area contributed by atoms with Gasteiger partial charge in [0.2, 0.25) is 5.95 Å². The Labute approximate surface area is 124 Å². The number of rotatable bonds is 6. The van der Waals surface area contributed by atoms with Crippen LogP contribution < -0.4 is 5.32 Å². The van der Waals surface area contributed by atoms with Crippen molar-refractivity contribution in [3.05, 3.63) is 11.9 Å². The van der Waals surface area contributed by atoms with Crippen LogP contribution in [0.3, 0.4) is 0 Å². The Balaban J connectivity index is 2.22. The molecule has 1 fully saturated rings. The Morgan fingerprint density at radius 3 is 2.30 bits per heavy atom. The highest BCUT2D eigenvalue weighted by molar-refractivity contribution is 5.34. The van der Waals surface area contributed by atoms with E-state index in [9.17, 15) is 0 Å². The Hall–Kier alpha value is -0.990. The van der Waals surface area contributed by atoms with Gasteiger partial charge in [0, 0.05) is 17.8 Å². The fourth-order valence-electron chi connectivity index (χ4n) is 3.50. The zero-order valence-electron chi connectivity index (χ0n) is 13.7. The summed E-state index contributed by atoms with van der Waals surface area (Å²) >= 11 is 0. The van der Waals surface area contributed by atoms with Gasteiger partial charge < -0.3 is 9.88 Å². The fourth-order valence-corrected chi connectivity index (χ4v) is 3.50. The van der Waals surface area contributed by atoms with Crippen molar-refractivity contribution in [2.75, 3.05) is 5.32 Å². The molecule has 0 saturated heterocycles. The van der Waals surface area contributed by atoms with Crippen molar-refractivity contribution in [1.29, 1.82) is 0 Å². The lowest BCUT2D eigenvalue weighted by Gasteiger charge is -2.34. The van der Waals surface area contributed by atoms with E-state index in [4.69, 9.17) is 4.98 Å². The number of nitrogens with one attached hydrogen (secondary N) is 1. The lowest BCUT2D eigenvalue weighted by atomic mass is 9.90. The molecule has 0 radical (unpaired) electrons. The molecule has 0 spiro atoms. The quantitative estimate of drug-likeness (QED) is 0.786. The Morgan fingerprint density at radius 2 is 1.75 bits per heavy atom. The summed E-state index contributed by atoms with van der Waals surface area (Å²) in [4.78, 5) is 4.77. The van der Waals surface area contributed by atoms with Gasteiger partial charge in [0.15, 0.2) is 0 Å². The van der Waals surface area contributed by atoms with E-state index in [0.717, 1.165) is 30.9 Å². The molecule has 1 aromatic heterocycles. The van der Waals surface area contributed by atoms with Crippen molar-refractivity contribution >= 4 is 5.95 Å². The molecule has 0 bridgehead atoms. The summed E-state index contributed by atoms with van der Waals surface area (Å²) in [7, 11) is 0. The molecule has 114 valence electrons. The molecule has 0 unspecified atom stereocenters. The number of nitrogens with zero attached hydrogens (tertiary/aromatic N) is 2. The van der Waals surface area contributed by atoms with Gasteiger partial charge in [-0.1, -0.05) is 40.0 Å². The molecule has 0 aromatic carbocycles. The van der Waals surface area contributed by atoms with Gasteiger partial charge in [0.25, 0.3) is 0 Å². The molecule has 0 amide bonds. The van der Waals surface area contributed by atoms with Crippen LogP contribution in [0.1, 0.15) is 83.9 Å². The SMILES string of the molecule is CCC(CC)(CC)Nc1nc(C)cn1C1CCCCC1. The summed E-state index contributed by atoms with van der Waals surface area (Å²) in [6, 6.07) is 0.649. The van der Waals surface area contributed by atoms with E-state index >= 15 is 0 Å². The molecule has 1 aliphatic carbocycles. The van der Waals surface area contributed by atoms with E-state index in [1.54, 1.807) is 0 Å². The molecule has 2 rings (SSSR count). The van der Waals surface area contributed by atoms with E-state index in [-0.39, 0.29) is 5.54 Å². The minimum absolute atomic E-state index is 0.199. The van der Waals surface area contributed by atoms with Crippen molar-refractivity contribution in [3.63, 3.8) is 0 Å². The molecule has 20 heavy (non-hydrogen) atoms. The van der Waals surface area contributed by atoms with Gasteiger partial charge in [-0.05, 0) is 39.0 Å². The lowest BCUT2D eigenvalue weighted by molar-refractivity contribution is 0.349. The molecular weight excluding hydrogens is 246 g/mol. The van der Waals surface area contributed by atoms with Crippen molar-refractivity contribution in [3.8, 4) is 0 Å². The van der Waals surface area contributed by atoms with Gasteiger partial charge in [-0.3, -0.25) is 0 Å². The van der Waals surface area contributed by atoms with Crippen molar-refractivity contribution in [2.24, 2.45) is 0 Å². The molecule has 3 heteroatoms. The standard InChI is InChI=1S/C17H31N3/c1-5-17(6-2,7-3)19-16-18-14(4)13-20(16)15-11-9-8-10-12-15/h13,15H,5-12H2,1-4H3,(H,18,19). The first-order valence-corrected chi connectivity index (χ1v) is 8.47. The normalized spacial score (nSPS) is 17.4. The minimum atomic E-state index is 0.199. The number of aryl methyl sites for hydroxylation is 1. The maximum absolute atomic E-state index is 4.77. The second kappa shape index (κ2) is 6.64. The maximum Gasteiger partial charge on any atom is 0.203 e. The molecule has 1 N–H and O–H groups in total. The van der Waals surface area contributed by atoms with E-state index in [1.807, 2.05) is 0 Å². The number of imidazole rings is 1. The molecule has 0 atom stereocenters. The van der Waals surface area contributed by atoms with E-state index < -0.39 is 0 Å². The minimum Gasteiger partial charge on any atom is -0.350 e. The predicted octanol–water partition coefficient (Wildman–Crippen LogP) is 5.08. The molecule has 0 aliphatic heterocycles. The fraction of sp³-hybridized carbons (Fsp3) is 0.824. The number of anilines is 1. The van der Waals surface area contributed by atoms with Crippen LogP contribution in [0, 0.1) is 6.92 Å². The van der Waals surface area contributed by atoms with Crippen LogP contribution >= 0.6 is 0 Å². The van der Waals surface area contributed by atoms with Crippen LogP contribution in [0.4, 0.5) is 5.95 Å². The predicted molar refractivity (Wildman–Crippen MR) is 86.3 cm³/mol. The van der Waals surface area contributed by atoms with Gasteiger partial charge in [0.05, 0.1) is 5.69 Å². The summed E-state index contributed by atoms with van der Waals surface area (Å²) in [6.07, 6.45) is 12.4. The first-order valence-electron chi connectivity index (χ1n) is 8.47. The molecule has 3 nitrogen and oxygen atoms in total. The Morgan fingerprint density at radius 1 is 1.15 bits per heavy atom. The first kappa shape index (κ1) is 15.4. The summed E-state index contributed by atoms with van der Waals surface area (Å²) in [5, 5.41) is 3.78. The van der Waals surface area contributed by atoms with E-state index in [0.29, 0.717) is 6.04 Å². The summed E-state index contributed by atoms with van der Waals surface area (Å²) in [5.41, 5.74) is 1.33. The second-order valence-electron chi connectivity index (χ2n) is 6.37. The third-order valence-corrected chi connectivity index (χ3v) is 5.23. The largest absolute Gasteiger partial charge is 0.350 e. The van der Waals surface area contributed by atoms with Gasteiger partial charge in [-0.15, -0.1) is 0 Å². The molecule has 1 heterocycles. The molecule has 1 saturated carbocycles. The summed E-state index contributed by atoms with van der Waals surface area (Å²) in [5.74, 6) is 1.10. The maximum atomic E-state index is 4.77. The Kier molecular flexibility index (Phi) is 5.11. The molecule has 1 aliphatic rings. The lowest BCUT2D eigenvalue weighted by Crippen LogP contribution is -2.37. The highest BCUT2D eigenvalue weighted by Crippen LogP contribution is 2.33.